The lowest BCUT2D eigenvalue weighted by atomic mass is 9.86. The van der Waals surface area contributed by atoms with E-state index >= 15 is 0 Å². The summed E-state index contributed by atoms with van der Waals surface area (Å²) in [6, 6.07) is 3.58. The zero-order valence-corrected chi connectivity index (χ0v) is 12.6. The topological polar surface area (TPSA) is 75.6 Å². The zero-order valence-electron chi connectivity index (χ0n) is 11.9. The Labute approximate surface area is 122 Å². The standard InChI is InChI=1S/C14H18ClNO4/c1-14(2,3)11(13(18)19)16-12(17)9-7-8(15)5-6-10(9)20-4/h5-7,11H,1-4H3,(H,16,17)(H,18,19). The van der Waals surface area contributed by atoms with Crippen molar-refractivity contribution in [1.29, 1.82) is 0 Å². The number of aliphatic carboxylic acids is 1. The molecule has 1 aromatic carbocycles. The van der Waals surface area contributed by atoms with Gasteiger partial charge in [-0.2, -0.15) is 0 Å². The highest BCUT2D eigenvalue weighted by Gasteiger charge is 2.33. The van der Waals surface area contributed by atoms with E-state index in [1.54, 1.807) is 32.9 Å². The highest BCUT2D eigenvalue weighted by molar-refractivity contribution is 6.31. The number of hydrogen-bond acceptors (Lipinski definition) is 3. The number of benzene rings is 1. The van der Waals surface area contributed by atoms with Gasteiger partial charge in [-0.25, -0.2) is 4.79 Å². The van der Waals surface area contributed by atoms with Crippen molar-refractivity contribution in [3.63, 3.8) is 0 Å². The smallest absolute Gasteiger partial charge is 0.326 e. The molecular formula is C14H18ClNO4. The number of ether oxygens (including phenoxy) is 1. The molecule has 0 aliphatic carbocycles. The molecule has 0 bridgehead atoms. The number of methoxy groups -OCH3 is 1. The van der Waals surface area contributed by atoms with Crippen LogP contribution in [0, 0.1) is 5.41 Å². The van der Waals surface area contributed by atoms with Crippen LogP contribution in [-0.2, 0) is 4.79 Å². The van der Waals surface area contributed by atoms with Crippen molar-refractivity contribution >= 4 is 23.5 Å². The van der Waals surface area contributed by atoms with E-state index in [2.05, 4.69) is 5.32 Å². The fraction of sp³-hybridized carbons (Fsp3) is 0.429. The lowest BCUT2D eigenvalue weighted by molar-refractivity contribution is -0.142. The maximum Gasteiger partial charge on any atom is 0.326 e. The first-order valence-electron chi connectivity index (χ1n) is 6.04. The first-order valence-corrected chi connectivity index (χ1v) is 6.42. The molecule has 0 aliphatic rings. The van der Waals surface area contributed by atoms with Gasteiger partial charge in [0.15, 0.2) is 0 Å². The van der Waals surface area contributed by atoms with Crippen LogP contribution in [-0.4, -0.2) is 30.1 Å². The van der Waals surface area contributed by atoms with E-state index < -0.39 is 23.3 Å². The number of hydrogen-bond donors (Lipinski definition) is 2. The Hall–Kier alpha value is -1.75. The van der Waals surface area contributed by atoms with Gasteiger partial charge in [0.2, 0.25) is 0 Å². The highest BCUT2D eigenvalue weighted by Crippen LogP contribution is 2.24. The molecule has 1 atom stereocenters. The van der Waals surface area contributed by atoms with Crippen molar-refractivity contribution in [1.82, 2.24) is 5.32 Å². The van der Waals surface area contributed by atoms with Crippen LogP contribution in [0.1, 0.15) is 31.1 Å². The quantitative estimate of drug-likeness (QED) is 0.896. The van der Waals surface area contributed by atoms with Crippen molar-refractivity contribution in [3.05, 3.63) is 28.8 Å². The van der Waals surface area contributed by atoms with Crippen molar-refractivity contribution in [2.24, 2.45) is 5.41 Å². The number of carbonyl (C=O) groups is 2. The molecule has 0 aliphatic heterocycles. The van der Waals surface area contributed by atoms with Crippen molar-refractivity contribution < 1.29 is 19.4 Å². The van der Waals surface area contributed by atoms with Crippen LogP contribution in [0.3, 0.4) is 0 Å². The third-order valence-corrected chi connectivity index (χ3v) is 3.03. The monoisotopic (exact) mass is 299 g/mol. The number of carboxylic acid groups (broad SMARTS) is 1. The number of carbonyl (C=O) groups excluding carboxylic acids is 1. The summed E-state index contributed by atoms with van der Waals surface area (Å²) in [4.78, 5) is 23.5. The molecule has 0 saturated carbocycles. The van der Waals surface area contributed by atoms with E-state index in [0.29, 0.717) is 10.8 Å². The summed E-state index contributed by atoms with van der Waals surface area (Å²) in [6.45, 7) is 5.21. The van der Waals surface area contributed by atoms with Crippen LogP contribution < -0.4 is 10.1 Å². The SMILES string of the molecule is COc1ccc(Cl)cc1C(=O)NC(C(=O)O)C(C)(C)C. The van der Waals surface area contributed by atoms with E-state index in [1.165, 1.54) is 13.2 Å². The number of halogens is 1. The highest BCUT2D eigenvalue weighted by atomic mass is 35.5. The zero-order chi connectivity index (χ0) is 15.5. The first-order chi connectivity index (χ1) is 9.16. The molecule has 1 unspecified atom stereocenters. The molecule has 0 saturated heterocycles. The third kappa shape index (κ3) is 3.87. The van der Waals surface area contributed by atoms with Gasteiger partial charge < -0.3 is 15.2 Å². The number of amides is 1. The van der Waals surface area contributed by atoms with Crippen LogP contribution >= 0.6 is 11.6 Å². The Morgan fingerprint density at radius 1 is 1.35 bits per heavy atom. The second-order valence-electron chi connectivity index (χ2n) is 5.46. The summed E-state index contributed by atoms with van der Waals surface area (Å²) >= 11 is 5.85. The Bertz CT molecular complexity index is 522. The Kier molecular flexibility index (Phi) is 5.00. The van der Waals surface area contributed by atoms with Gasteiger partial charge in [-0.15, -0.1) is 0 Å². The maximum atomic E-state index is 12.2. The molecular weight excluding hydrogens is 282 g/mol. The molecule has 2 N–H and O–H groups in total. The molecule has 0 radical (unpaired) electrons. The maximum absolute atomic E-state index is 12.2. The van der Waals surface area contributed by atoms with Gasteiger partial charge in [0.25, 0.3) is 5.91 Å². The van der Waals surface area contributed by atoms with E-state index in [9.17, 15) is 14.7 Å². The minimum Gasteiger partial charge on any atom is -0.496 e. The molecule has 110 valence electrons. The summed E-state index contributed by atoms with van der Waals surface area (Å²) in [6.07, 6.45) is 0. The molecule has 1 aromatic rings. The third-order valence-electron chi connectivity index (χ3n) is 2.79. The van der Waals surface area contributed by atoms with E-state index in [1.807, 2.05) is 0 Å². The number of rotatable bonds is 4. The predicted molar refractivity (Wildman–Crippen MR) is 76.3 cm³/mol. The largest absolute Gasteiger partial charge is 0.496 e. The van der Waals surface area contributed by atoms with E-state index in [4.69, 9.17) is 16.3 Å². The van der Waals surface area contributed by atoms with Crippen molar-refractivity contribution in [2.75, 3.05) is 7.11 Å². The lowest BCUT2D eigenvalue weighted by Crippen LogP contribution is -2.49. The minimum atomic E-state index is -1.09. The first kappa shape index (κ1) is 16.3. The van der Waals surface area contributed by atoms with Crippen molar-refractivity contribution in [2.45, 2.75) is 26.8 Å². The van der Waals surface area contributed by atoms with Crippen LogP contribution in [0.2, 0.25) is 5.02 Å². The van der Waals surface area contributed by atoms with Gasteiger partial charge in [-0.1, -0.05) is 32.4 Å². The number of carboxylic acids is 1. The summed E-state index contributed by atoms with van der Waals surface area (Å²) in [5.41, 5.74) is -0.414. The molecule has 0 spiro atoms. The van der Waals surface area contributed by atoms with Gasteiger partial charge in [-0.05, 0) is 23.6 Å². The minimum absolute atomic E-state index is 0.204. The molecule has 0 aromatic heterocycles. The second-order valence-corrected chi connectivity index (χ2v) is 5.89. The van der Waals surface area contributed by atoms with Gasteiger partial charge in [0.05, 0.1) is 12.7 Å². The van der Waals surface area contributed by atoms with E-state index in [0.717, 1.165) is 0 Å². The summed E-state index contributed by atoms with van der Waals surface area (Å²) in [5, 5.41) is 12.1. The van der Waals surface area contributed by atoms with Crippen LogP contribution in [0.25, 0.3) is 0 Å². The lowest BCUT2D eigenvalue weighted by Gasteiger charge is -2.28. The van der Waals surface area contributed by atoms with Gasteiger partial charge >= 0.3 is 5.97 Å². The Morgan fingerprint density at radius 2 is 1.95 bits per heavy atom. The normalized spacial score (nSPS) is 12.7. The summed E-state index contributed by atoms with van der Waals surface area (Å²) in [7, 11) is 1.43. The average Bonchev–Trinajstić information content (AvgIpc) is 2.33. The Morgan fingerprint density at radius 3 is 2.40 bits per heavy atom. The van der Waals surface area contributed by atoms with Gasteiger partial charge in [-0.3, -0.25) is 4.79 Å². The second kappa shape index (κ2) is 6.13. The Balaban J connectivity index is 3.07. The van der Waals surface area contributed by atoms with Crippen LogP contribution in [0.4, 0.5) is 0 Å². The molecule has 1 amide bonds. The van der Waals surface area contributed by atoms with E-state index in [-0.39, 0.29) is 5.56 Å². The van der Waals surface area contributed by atoms with Crippen LogP contribution in [0.15, 0.2) is 18.2 Å². The molecule has 5 nitrogen and oxygen atoms in total. The molecule has 0 heterocycles. The molecule has 0 fully saturated rings. The molecule has 20 heavy (non-hydrogen) atoms. The van der Waals surface area contributed by atoms with Gasteiger partial charge in [0.1, 0.15) is 11.8 Å². The summed E-state index contributed by atoms with van der Waals surface area (Å²) < 4.78 is 5.08. The number of nitrogens with one attached hydrogen (secondary N) is 1. The average molecular weight is 300 g/mol. The summed E-state index contributed by atoms with van der Waals surface area (Å²) in [5.74, 6) is -1.29. The molecule has 1 rings (SSSR count). The fourth-order valence-electron chi connectivity index (χ4n) is 1.72. The van der Waals surface area contributed by atoms with Crippen LogP contribution in [0.5, 0.6) is 5.75 Å². The molecule has 6 heteroatoms. The predicted octanol–water partition coefficient (Wildman–Crippen LogP) is 2.58. The fourth-order valence-corrected chi connectivity index (χ4v) is 1.89. The van der Waals surface area contributed by atoms with Crippen molar-refractivity contribution in [3.8, 4) is 5.75 Å². The van der Waals surface area contributed by atoms with Gasteiger partial charge in [0, 0.05) is 5.02 Å².